The lowest BCUT2D eigenvalue weighted by atomic mass is 9.86. The van der Waals surface area contributed by atoms with Crippen molar-refractivity contribution in [1.82, 2.24) is 10.2 Å². The monoisotopic (exact) mass is 304 g/mol. The summed E-state index contributed by atoms with van der Waals surface area (Å²) in [6.45, 7) is 7.84. The van der Waals surface area contributed by atoms with Gasteiger partial charge in [0.2, 0.25) is 0 Å². The molecule has 2 rings (SSSR count). The Bertz CT molecular complexity index is 468. The van der Waals surface area contributed by atoms with E-state index in [1.165, 1.54) is 25.7 Å². The summed E-state index contributed by atoms with van der Waals surface area (Å²) in [6.07, 6.45) is 6.23. The zero-order valence-electron chi connectivity index (χ0n) is 14.6. The van der Waals surface area contributed by atoms with Gasteiger partial charge in [-0.3, -0.25) is 10.2 Å². The molecule has 3 heteroatoms. The summed E-state index contributed by atoms with van der Waals surface area (Å²) < 4.78 is 0. The molecule has 124 valence electrons. The first-order chi connectivity index (χ1) is 10.5. The van der Waals surface area contributed by atoms with Crippen molar-refractivity contribution < 1.29 is 5.11 Å². The highest BCUT2D eigenvalue weighted by Gasteiger charge is 2.34. The van der Waals surface area contributed by atoms with Gasteiger partial charge in [-0.15, -0.1) is 0 Å². The predicted molar refractivity (Wildman–Crippen MR) is 92.9 cm³/mol. The molecule has 1 unspecified atom stereocenters. The number of phenolic OH excluding ortho intramolecular Hbond substituents is 1. The van der Waals surface area contributed by atoms with Crippen molar-refractivity contribution in [2.45, 2.75) is 64.6 Å². The standard InChI is InChI=1S/C19H32N2O/c1-5-13-21(4)19(3,16-7-6-8-18(22)14-16)20-17-11-9-15(2)10-12-17/h6-8,14-15,17,20,22H,5,9-13H2,1-4H3. The topological polar surface area (TPSA) is 35.5 Å². The van der Waals surface area contributed by atoms with Gasteiger partial charge in [-0.2, -0.15) is 0 Å². The van der Waals surface area contributed by atoms with Crippen LogP contribution in [-0.2, 0) is 5.66 Å². The first kappa shape index (κ1) is 17.3. The maximum absolute atomic E-state index is 9.88. The number of phenols is 1. The third-order valence-electron chi connectivity index (χ3n) is 5.23. The Kier molecular flexibility index (Phi) is 5.87. The van der Waals surface area contributed by atoms with Crippen LogP contribution in [0.4, 0.5) is 0 Å². The zero-order chi connectivity index (χ0) is 16.2. The fourth-order valence-corrected chi connectivity index (χ4v) is 3.58. The number of hydrogen-bond acceptors (Lipinski definition) is 3. The molecule has 1 atom stereocenters. The molecule has 1 aromatic rings. The largest absolute Gasteiger partial charge is 0.508 e. The highest BCUT2D eigenvalue weighted by molar-refractivity contribution is 5.32. The van der Waals surface area contributed by atoms with Crippen LogP contribution >= 0.6 is 0 Å². The Labute approximate surface area is 135 Å². The minimum absolute atomic E-state index is 0.236. The summed E-state index contributed by atoms with van der Waals surface area (Å²) in [4.78, 5) is 2.37. The Morgan fingerprint density at radius 2 is 1.95 bits per heavy atom. The van der Waals surface area contributed by atoms with E-state index >= 15 is 0 Å². The molecule has 1 saturated carbocycles. The second-order valence-corrected chi connectivity index (χ2v) is 7.15. The van der Waals surface area contributed by atoms with E-state index in [9.17, 15) is 5.11 Å². The molecule has 2 N–H and O–H groups in total. The van der Waals surface area contributed by atoms with Crippen LogP contribution in [0.1, 0.15) is 58.4 Å². The van der Waals surface area contributed by atoms with E-state index in [1.807, 2.05) is 12.1 Å². The van der Waals surface area contributed by atoms with Crippen molar-refractivity contribution in [2.75, 3.05) is 13.6 Å². The molecule has 1 fully saturated rings. The third kappa shape index (κ3) is 4.02. The van der Waals surface area contributed by atoms with Crippen LogP contribution in [0, 0.1) is 5.92 Å². The summed E-state index contributed by atoms with van der Waals surface area (Å²) in [5.74, 6) is 1.20. The molecule has 22 heavy (non-hydrogen) atoms. The first-order valence-corrected chi connectivity index (χ1v) is 8.74. The van der Waals surface area contributed by atoms with Crippen LogP contribution < -0.4 is 5.32 Å². The first-order valence-electron chi connectivity index (χ1n) is 8.74. The van der Waals surface area contributed by atoms with E-state index in [-0.39, 0.29) is 5.66 Å². The van der Waals surface area contributed by atoms with Gasteiger partial charge in [-0.25, -0.2) is 0 Å². The van der Waals surface area contributed by atoms with E-state index < -0.39 is 0 Å². The Balaban J connectivity index is 2.21. The summed E-state index contributed by atoms with van der Waals surface area (Å²) in [5, 5.41) is 13.8. The average molecular weight is 304 g/mol. The molecule has 0 amide bonds. The van der Waals surface area contributed by atoms with Gasteiger partial charge in [0, 0.05) is 6.04 Å². The van der Waals surface area contributed by atoms with Crippen molar-refractivity contribution in [3.05, 3.63) is 29.8 Å². The number of nitrogens with one attached hydrogen (secondary N) is 1. The molecule has 0 radical (unpaired) electrons. The van der Waals surface area contributed by atoms with Gasteiger partial charge in [0.15, 0.2) is 0 Å². The number of hydrogen-bond donors (Lipinski definition) is 2. The average Bonchev–Trinajstić information content (AvgIpc) is 2.50. The van der Waals surface area contributed by atoms with Gasteiger partial charge in [0.05, 0.1) is 5.66 Å². The number of nitrogens with zero attached hydrogens (tertiary/aromatic N) is 1. The molecule has 0 aliphatic heterocycles. The van der Waals surface area contributed by atoms with Crippen molar-refractivity contribution in [2.24, 2.45) is 5.92 Å². The lowest BCUT2D eigenvalue weighted by molar-refractivity contribution is 0.0714. The molecule has 0 heterocycles. The predicted octanol–water partition coefficient (Wildman–Crippen LogP) is 4.08. The highest BCUT2D eigenvalue weighted by atomic mass is 16.3. The van der Waals surface area contributed by atoms with Crippen LogP contribution in [0.15, 0.2) is 24.3 Å². The maximum Gasteiger partial charge on any atom is 0.115 e. The molecule has 0 saturated heterocycles. The molecule has 1 aliphatic carbocycles. The molecule has 0 aromatic heterocycles. The second-order valence-electron chi connectivity index (χ2n) is 7.15. The minimum atomic E-state index is -0.236. The van der Waals surface area contributed by atoms with E-state index in [2.05, 4.69) is 44.1 Å². The Hall–Kier alpha value is -1.06. The van der Waals surface area contributed by atoms with Crippen LogP contribution in [0.3, 0.4) is 0 Å². The van der Waals surface area contributed by atoms with Crippen molar-refractivity contribution in [3.8, 4) is 5.75 Å². The molecular formula is C19H32N2O. The summed E-state index contributed by atoms with van der Waals surface area (Å²) in [6, 6.07) is 8.25. The summed E-state index contributed by atoms with van der Waals surface area (Å²) in [7, 11) is 2.17. The van der Waals surface area contributed by atoms with E-state index in [1.54, 1.807) is 6.07 Å². The van der Waals surface area contributed by atoms with Gasteiger partial charge in [0.25, 0.3) is 0 Å². The lowest BCUT2D eigenvalue weighted by Crippen LogP contribution is -2.56. The number of aromatic hydroxyl groups is 1. The van der Waals surface area contributed by atoms with Gasteiger partial charge >= 0.3 is 0 Å². The Morgan fingerprint density at radius 1 is 1.27 bits per heavy atom. The molecule has 0 spiro atoms. The van der Waals surface area contributed by atoms with E-state index in [4.69, 9.17) is 0 Å². The van der Waals surface area contributed by atoms with Crippen molar-refractivity contribution >= 4 is 0 Å². The third-order valence-corrected chi connectivity index (χ3v) is 5.23. The second kappa shape index (κ2) is 7.47. The molecule has 1 aliphatic rings. The van der Waals surface area contributed by atoms with Gasteiger partial charge in [0.1, 0.15) is 5.75 Å². The molecule has 1 aromatic carbocycles. The van der Waals surface area contributed by atoms with Crippen LogP contribution in [-0.4, -0.2) is 29.6 Å². The van der Waals surface area contributed by atoms with Crippen molar-refractivity contribution in [3.63, 3.8) is 0 Å². The van der Waals surface area contributed by atoms with Gasteiger partial charge in [-0.05, 0) is 76.2 Å². The van der Waals surface area contributed by atoms with E-state index in [0.717, 1.165) is 24.4 Å². The SMILES string of the molecule is CCCN(C)C(C)(NC1CCC(C)CC1)c1cccc(O)c1. The highest BCUT2D eigenvalue weighted by Crippen LogP contribution is 2.31. The minimum Gasteiger partial charge on any atom is -0.508 e. The van der Waals surface area contributed by atoms with Crippen LogP contribution in [0.25, 0.3) is 0 Å². The van der Waals surface area contributed by atoms with Gasteiger partial charge in [-0.1, -0.05) is 26.0 Å². The molecule has 3 nitrogen and oxygen atoms in total. The fraction of sp³-hybridized carbons (Fsp3) is 0.684. The smallest absolute Gasteiger partial charge is 0.115 e. The summed E-state index contributed by atoms with van der Waals surface area (Å²) in [5.41, 5.74) is 0.905. The van der Waals surface area contributed by atoms with Crippen LogP contribution in [0.5, 0.6) is 5.75 Å². The lowest BCUT2D eigenvalue weighted by Gasteiger charge is -2.44. The van der Waals surface area contributed by atoms with Crippen LogP contribution in [0.2, 0.25) is 0 Å². The van der Waals surface area contributed by atoms with Crippen molar-refractivity contribution in [1.29, 1.82) is 0 Å². The van der Waals surface area contributed by atoms with E-state index in [0.29, 0.717) is 11.8 Å². The number of benzene rings is 1. The zero-order valence-corrected chi connectivity index (χ0v) is 14.6. The quantitative estimate of drug-likeness (QED) is 0.778. The normalized spacial score (nSPS) is 25.1. The fourth-order valence-electron chi connectivity index (χ4n) is 3.58. The maximum atomic E-state index is 9.88. The number of rotatable bonds is 6. The molecule has 0 bridgehead atoms. The Morgan fingerprint density at radius 3 is 2.55 bits per heavy atom. The van der Waals surface area contributed by atoms with Gasteiger partial charge < -0.3 is 5.11 Å². The molecular weight excluding hydrogens is 272 g/mol. The summed E-state index contributed by atoms with van der Waals surface area (Å²) >= 11 is 0.